The number of anilines is 1. The van der Waals surface area contributed by atoms with Crippen LogP contribution in [0, 0.1) is 0 Å². The fraction of sp³-hybridized carbons (Fsp3) is 0.143. The summed E-state index contributed by atoms with van der Waals surface area (Å²) < 4.78 is 0. The maximum Gasteiger partial charge on any atom is 0.355 e. The Morgan fingerprint density at radius 2 is 2.20 bits per heavy atom. The van der Waals surface area contributed by atoms with E-state index in [0.29, 0.717) is 0 Å². The molecule has 8 heteroatoms. The van der Waals surface area contributed by atoms with Gasteiger partial charge in [-0.2, -0.15) is 5.10 Å². The third-order valence-electron chi connectivity index (χ3n) is 1.35. The van der Waals surface area contributed by atoms with Crippen LogP contribution < -0.4 is 5.43 Å². The van der Waals surface area contributed by atoms with Gasteiger partial charge in [0.1, 0.15) is 5.71 Å². The van der Waals surface area contributed by atoms with Gasteiger partial charge in [0.25, 0.3) is 0 Å². The lowest BCUT2D eigenvalue weighted by atomic mass is 10.4. The van der Waals surface area contributed by atoms with E-state index in [9.17, 15) is 9.59 Å². The van der Waals surface area contributed by atoms with Crippen molar-refractivity contribution in [2.24, 2.45) is 5.10 Å². The Hall–Kier alpha value is -1.96. The number of aromatic carboxylic acids is 1. The third-order valence-corrected chi connectivity index (χ3v) is 2.10. The van der Waals surface area contributed by atoms with E-state index in [1.807, 2.05) is 0 Å². The van der Waals surface area contributed by atoms with E-state index in [2.05, 4.69) is 15.5 Å². The molecule has 0 saturated carbocycles. The number of nitrogens with one attached hydrogen (secondary N) is 1. The lowest BCUT2D eigenvalue weighted by Crippen LogP contribution is -2.10. The van der Waals surface area contributed by atoms with Crippen LogP contribution >= 0.6 is 11.3 Å². The molecule has 0 amide bonds. The molecule has 0 unspecified atom stereocenters. The van der Waals surface area contributed by atoms with Crippen LogP contribution in [0.4, 0.5) is 5.13 Å². The average Bonchev–Trinajstić information content (AvgIpc) is 2.62. The molecule has 1 aromatic rings. The predicted molar refractivity (Wildman–Crippen MR) is 53.4 cm³/mol. The van der Waals surface area contributed by atoms with Crippen LogP contribution in [0.3, 0.4) is 0 Å². The second-order valence-electron chi connectivity index (χ2n) is 2.46. The van der Waals surface area contributed by atoms with Gasteiger partial charge in [0.2, 0.25) is 5.13 Å². The number of aliphatic carboxylic acids is 1. The van der Waals surface area contributed by atoms with Gasteiger partial charge in [0, 0.05) is 5.38 Å². The van der Waals surface area contributed by atoms with Crippen LogP contribution in [0.2, 0.25) is 0 Å². The number of carboxylic acid groups (broad SMARTS) is 2. The largest absolute Gasteiger partial charge is 0.477 e. The lowest BCUT2D eigenvalue weighted by Gasteiger charge is -1.94. The van der Waals surface area contributed by atoms with E-state index < -0.39 is 11.9 Å². The summed E-state index contributed by atoms with van der Waals surface area (Å²) in [5.41, 5.74) is 2.11. The van der Waals surface area contributed by atoms with Crippen molar-refractivity contribution in [3.8, 4) is 0 Å². The Kier molecular flexibility index (Phi) is 3.34. The summed E-state index contributed by atoms with van der Waals surface area (Å²) in [6.07, 6.45) is 0. The molecular weight excluding hydrogens is 222 g/mol. The topological polar surface area (TPSA) is 112 Å². The third kappa shape index (κ3) is 3.02. The highest BCUT2D eigenvalue weighted by atomic mass is 32.1. The first-order valence-electron chi connectivity index (χ1n) is 3.73. The molecule has 0 radical (unpaired) electrons. The molecule has 0 aliphatic heterocycles. The molecule has 1 rings (SSSR count). The lowest BCUT2D eigenvalue weighted by molar-refractivity contribution is -0.129. The Morgan fingerprint density at radius 1 is 1.53 bits per heavy atom. The van der Waals surface area contributed by atoms with E-state index in [-0.39, 0.29) is 16.5 Å². The fourth-order valence-electron chi connectivity index (χ4n) is 0.603. The molecule has 0 aliphatic rings. The van der Waals surface area contributed by atoms with Crippen molar-refractivity contribution in [1.29, 1.82) is 0 Å². The van der Waals surface area contributed by atoms with Crippen molar-refractivity contribution < 1.29 is 19.8 Å². The molecule has 3 N–H and O–H groups in total. The minimum Gasteiger partial charge on any atom is -0.477 e. The molecule has 80 valence electrons. The molecule has 0 saturated heterocycles. The molecular formula is C7H7N3O4S. The zero-order chi connectivity index (χ0) is 11.4. The molecule has 0 spiro atoms. The van der Waals surface area contributed by atoms with Crippen LogP contribution in [0.1, 0.15) is 17.4 Å². The van der Waals surface area contributed by atoms with Gasteiger partial charge in [-0.15, -0.1) is 11.3 Å². The van der Waals surface area contributed by atoms with Gasteiger partial charge < -0.3 is 10.2 Å². The van der Waals surface area contributed by atoms with E-state index in [4.69, 9.17) is 10.2 Å². The van der Waals surface area contributed by atoms with Crippen molar-refractivity contribution in [1.82, 2.24) is 4.98 Å². The van der Waals surface area contributed by atoms with E-state index in [1.54, 1.807) is 0 Å². The second kappa shape index (κ2) is 4.51. The van der Waals surface area contributed by atoms with Gasteiger partial charge in [0.05, 0.1) is 0 Å². The molecule has 0 fully saturated rings. The molecule has 0 aromatic carbocycles. The predicted octanol–water partition coefficient (Wildman–Crippen LogP) is 0.714. The zero-order valence-corrected chi connectivity index (χ0v) is 8.41. The van der Waals surface area contributed by atoms with Crippen molar-refractivity contribution in [2.45, 2.75) is 6.92 Å². The van der Waals surface area contributed by atoms with Gasteiger partial charge in [0.15, 0.2) is 5.69 Å². The minimum absolute atomic E-state index is 0.106. The molecule has 0 aliphatic carbocycles. The average molecular weight is 229 g/mol. The van der Waals surface area contributed by atoms with Gasteiger partial charge in [-0.05, 0) is 6.92 Å². The standard InChI is InChI=1S/C7H7N3O4S/c1-3(5(11)12)9-10-7-8-4(2-15-7)6(13)14/h2H,1H3,(H,8,10)(H,11,12)(H,13,14). The van der Waals surface area contributed by atoms with Crippen LogP contribution in [0.5, 0.6) is 0 Å². The number of hydrogen-bond acceptors (Lipinski definition) is 6. The van der Waals surface area contributed by atoms with Gasteiger partial charge in [-0.3, -0.25) is 5.43 Å². The summed E-state index contributed by atoms with van der Waals surface area (Å²) in [6, 6.07) is 0. The Balaban J connectivity index is 2.70. The van der Waals surface area contributed by atoms with E-state index in [1.165, 1.54) is 12.3 Å². The molecule has 0 atom stereocenters. The smallest absolute Gasteiger partial charge is 0.355 e. The summed E-state index contributed by atoms with van der Waals surface area (Å²) in [5, 5.41) is 22.1. The maximum atomic E-state index is 10.4. The minimum atomic E-state index is -1.16. The first-order valence-corrected chi connectivity index (χ1v) is 4.61. The highest BCUT2D eigenvalue weighted by Crippen LogP contribution is 2.14. The van der Waals surface area contributed by atoms with Crippen LogP contribution in [-0.4, -0.2) is 32.8 Å². The molecule has 15 heavy (non-hydrogen) atoms. The van der Waals surface area contributed by atoms with Crippen LogP contribution in [-0.2, 0) is 4.79 Å². The van der Waals surface area contributed by atoms with Gasteiger partial charge >= 0.3 is 11.9 Å². The van der Waals surface area contributed by atoms with Crippen molar-refractivity contribution in [3.05, 3.63) is 11.1 Å². The Labute approximate surface area is 88.1 Å². The van der Waals surface area contributed by atoms with E-state index in [0.717, 1.165) is 11.3 Å². The number of hydrogen-bond donors (Lipinski definition) is 3. The second-order valence-corrected chi connectivity index (χ2v) is 3.32. The summed E-state index contributed by atoms with van der Waals surface area (Å²) in [4.78, 5) is 24.4. The SMILES string of the molecule is CC(=NNc1nc(C(=O)O)cs1)C(=O)O. The van der Waals surface area contributed by atoms with Crippen molar-refractivity contribution in [3.63, 3.8) is 0 Å². The number of carboxylic acids is 2. The highest BCUT2D eigenvalue weighted by molar-refractivity contribution is 7.13. The maximum absolute atomic E-state index is 10.4. The molecule has 1 heterocycles. The number of carbonyl (C=O) groups is 2. The fourth-order valence-corrected chi connectivity index (χ4v) is 1.23. The summed E-state index contributed by atoms with van der Waals surface area (Å²) in [6.45, 7) is 1.31. The zero-order valence-electron chi connectivity index (χ0n) is 7.59. The molecule has 0 bridgehead atoms. The van der Waals surface area contributed by atoms with Crippen molar-refractivity contribution >= 4 is 34.1 Å². The molecule has 7 nitrogen and oxygen atoms in total. The monoisotopic (exact) mass is 229 g/mol. The summed E-state index contributed by atoms with van der Waals surface area (Å²) in [5.74, 6) is -2.30. The number of aromatic nitrogens is 1. The number of rotatable bonds is 4. The van der Waals surface area contributed by atoms with Crippen LogP contribution in [0.15, 0.2) is 10.5 Å². The van der Waals surface area contributed by atoms with Gasteiger partial charge in [-0.1, -0.05) is 0 Å². The van der Waals surface area contributed by atoms with Crippen LogP contribution in [0.25, 0.3) is 0 Å². The number of hydrazone groups is 1. The first-order chi connectivity index (χ1) is 7.00. The quantitative estimate of drug-likeness (QED) is 0.518. The normalized spacial score (nSPS) is 11.1. The number of thiazole rings is 1. The summed E-state index contributed by atoms with van der Waals surface area (Å²) in [7, 11) is 0. The Bertz CT molecular complexity index is 426. The number of nitrogens with zero attached hydrogens (tertiary/aromatic N) is 2. The molecule has 1 aromatic heterocycles. The summed E-state index contributed by atoms with van der Waals surface area (Å²) >= 11 is 1.03. The van der Waals surface area contributed by atoms with Crippen molar-refractivity contribution in [2.75, 3.05) is 5.43 Å². The highest BCUT2D eigenvalue weighted by Gasteiger charge is 2.08. The first kappa shape index (κ1) is 11.1. The van der Waals surface area contributed by atoms with Gasteiger partial charge in [-0.25, -0.2) is 14.6 Å². The Morgan fingerprint density at radius 3 is 2.67 bits per heavy atom. The van der Waals surface area contributed by atoms with E-state index >= 15 is 0 Å².